The molecule has 4 heterocycles. The lowest BCUT2D eigenvalue weighted by atomic mass is 9.86. The second kappa shape index (κ2) is 7.16. The Balaban J connectivity index is 1.38. The van der Waals surface area contributed by atoms with Crippen LogP contribution in [-0.4, -0.2) is 80.3 Å². The molecule has 3 fully saturated rings. The lowest BCUT2D eigenvalue weighted by Gasteiger charge is -2.44. The smallest absolute Gasteiger partial charge is 0.118 e. The fourth-order valence-corrected chi connectivity index (χ4v) is 4.64. The molecule has 3 atom stereocenters. The van der Waals surface area contributed by atoms with E-state index in [0.717, 1.165) is 50.2 Å². The van der Waals surface area contributed by atoms with Crippen LogP contribution in [0.5, 0.6) is 0 Å². The van der Waals surface area contributed by atoms with Crippen LogP contribution in [0.2, 0.25) is 0 Å². The van der Waals surface area contributed by atoms with Gasteiger partial charge in [-0.2, -0.15) is 0 Å². The Morgan fingerprint density at radius 2 is 1.83 bits per heavy atom. The number of nitrogens with zero attached hydrogens (tertiary/aromatic N) is 3. The van der Waals surface area contributed by atoms with E-state index < -0.39 is 0 Å². The van der Waals surface area contributed by atoms with Crippen LogP contribution in [0.15, 0.2) is 16.5 Å². The lowest BCUT2D eigenvalue weighted by Crippen LogP contribution is -2.56. The highest BCUT2D eigenvalue weighted by Crippen LogP contribution is 2.34. The zero-order valence-electron chi connectivity index (χ0n) is 15.1. The first kappa shape index (κ1) is 16.6. The normalized spacial score (nSPS) is 33.0. The molecule has 4 rings (SSSR count). The number of furan rings is 1. The summed E-state index contributed by atoms with van der Waals surface area (Å²) in [6.07, 6.45) is 0.977. The van der Waals surface area contributed by atoms with Gasteiger partial charge in [-0.05, 0) is 25.1 Å². The van der Waals surface area contributed by atoms with Crippen LogP contribution < -0.4 is 0 Å². The first-order valence-electron chi connectivity index (χ1n) is 9.53. The maximum absolute atomic E-state index is 5.99. The molecule has 5 heteroatoms. The maximum Gasteiger partial charge on any atom is 0.118 e. The van der Waals surface area contributed by atoms with Crippen molar-refractivity contribution in [2.45, 2.75) is 25.9 Å². The van der Waals surface area contributed by atoms with Gasteiger partial charge in [-0.15, -0.1) is 0 Å². The number of fused-ring (bicyclic) bond motifs is 1. The van der Waals surface area contributed by atoms with Gasteiger partial charge in [-0.25, -0.2) is 0 Å². The van der Waals surface area contributed by atoms with E-state index in [1.807, 2.05) is 0 Å². The van der Waals surface area contributed by atoms with Crippen molar-refractivity contribution in [3.05, 3.63) is 23.7 Å². The van der Waals surface area contributed by atoms with Crippen LogP contribution in [0.4, 0.5) is 0 Å². The van der Waals surface area contributed by atoms with Gasteiger partial charge >= 0.3 is 0 Å². The Kier molecular flexibility index (Phi) is 4.95. The summed E-state index contributed by atoms with van der Waals surface area (Å²) >= 11 is 0. The Labute approximate surface area is 145 Å². The molecule has 3 aliphatic heterocycles. The molecule has 3 aliphatic rings. The molecule has 0 bridgehead atoms. The topological polar surface area (TPSA) is 32.1 Å². The van der Waals surface area contributed by atoms with Crippen LogP contribution in [0, 0.1) is 11.8 Å². The van der Waals surface area contributed by atoms with Crippen LogP contribution in [0.3, 0.4) is 0 Å². The van der Waals surface area contributed by atoms with Crippen molar-refractivity contribution in [2.75, 3.05) is 59.5 Å². The molecule has 1 aromatic rings. The van der Waals surface area contributed by atoms with Gasteiger partial charge in [-0.1, -0.05) is 6.92 Å². The summed E-state index contributed by atoms with van der Waals surface area (Å²) in [5, 5.41) is 0. The summed E-state index contributed by atoms with van der Waals surface area (Å²) in [4.78, 5) is 7.69. The fourth-order valence-electron chi connectivity index (χ4n) is 4.64. The molecule has 1 aromatic heterocycles. The average Bonchev–Trinajstić information content (AvgIpc) is 3.21. The SMILES string of the molecule is CCc1ccc(CN2C[C@H]3COC[C@@H](N4CCN(C)CC4)[C@H]3C2)o1. The van der Waals surface area contributed by atoms with Crippen molar-refractivity contribution in [2.24, 2.45) is 11.8 Å². The highest BCUT2D eigenvalue weighted by Gasteiger charge is 2.43. The molecular weight excluding hydrogens is 302 g/mol. The van der Waals surface area contributed by atoms with Gasteiger partial charge in [0.1, 0.15) is 11.5 Å². The van der Waals surface area contributed by atoms with Crippen LogP contribution in [0.1, 0.15) is 18.4 Å². The van der Waals surface area contributed by atoms with E-state index in [0.29, 0.717) is 12.0 Å². The molecule has 134 valence electrons. The zero-order chi connectivity index (χ0) is 16.5. The molecule has 3 saturated heterocycles. The highest BCUT2D eigenvalue weighted by atomic mass is 16.5. The van der Waals surface area contributed by atoms with Gasteiger partial charge in [0.05, 0.1) is 19.8 Å². The number of hydrogen-bond donors (Lipinski definition) is 0. The number of piperazine rings is 1. The fraction of sp³-hybridized carbons (Fsp3) is 0.789. The van der Waals surface area contributed by atoms with Crippen LogP contribution in [-0.2, 0) is 17.7 Å². The number of likely N-dealkylation sites (N-methyl/N-ethyl adjacent to an activating group) is 1. The van der Waals surface area contributed by atoms with Gasteiger partial charge in [0.2, 0.25) is 0 Å². The van der Waals surface area contributed by atoms with Gasteiger partial charge in [0, 0.05) is 57.6 Å². The minimum absolute atomic E-state index is 0.602. The number of hydrogen-bond acceptors (Lipinski definition) is 5. The summed E-state index contributed by atoms with van der Waals surface area (Å²) in [5.41, 5.74) is 0. The number of ether oxygens (including phenoxy) is 1. The second-order valence-corrected chi connectivity index (χ2v) is 7.78. The Bertz CT molecular complexity index is 538. The number of rotatable bonds is 4. The summed E-state index contributed by atoms with van der Waals surface area (Å²) in [6.45, 7) is 12.0. The van der Waals surface area contributed by atoms with Gasteiger partial charge in [-0.3, -0.25) is 9.80 Å². The quantitative estimate of drug-likeness (QED) is 0.834. The van der Waals surface area contributed by atoms with E-state index in [1.54, 1.807) is 0 Å². The van der Waals surface area contributed by atoms with Crippen molar-refractivity contribution < 1.29 is 9.15 Å². The van der Waals surface area contributed by atoms with E-state index in [1.165, 1.54) is 32.7 Å². The monoisotopic (exact) mass is 333 g/mol. The molecule has 0 radical (unpaired) electrons. The van der Waals surface area contributed by atoms with Crippen LogP contribution >= 0.6 is 0 Å². The Hall–Kier alpha value is -0.880. The van der Waals surface area contributed by atoms with E-state index in [4.69, 9.17) is 9.15 Å². The molecule has 24 heavy (non-hydrogen) atoms. The molecule has 0 amide bonds. The molecule has 0 aliphatic carbocycles. The predicted molar refractivity (Wildman–Crippen MR) is 94.0 cm³/mol. The lowest BCUT2D eigenvalue weighted by molar-refractivity contribution is -0.0485. The minimum atomic E-state index is 0.602. The maximum atomic E-state index is 5.99. The summed E-state index contributed by atoms with van der Waals surface area (Å²) in [5.74, 6) is 3.65. The number of aryl methyl sites for hydroxylation is 1. The summed E-state index contributed by atoms with van der Waals surface area (Å²) < 4.78 is 11.9. The van der Waals surface area contributed by atoms with Crippen molar-refractivity contribution >= 4 is 0 Å². The third-order valence-electron chi connectivity index (χ3n) is 6.13. The van der Waals surface area contributed by atoms with E-state index in [9.17, 15) is 0 Å². The average molecular weight is 333 g/mol. The Morgan fingerprint density at radius 3 is 2.58 bits per heavy atom. The molecule has 0 aromatic carbocycles. The van der Waals surface area contributed by atoms with E-state index in [-0.39, 0.29) is 0 Å². The van der Waals surface area contributed by atoms with Crippen molar-refractivity contribution in [1.29, 1.82) is 0 Å². The van der Waals surface area contributed by atoms with Gasteiger partial charge in [0.15, 0.2) is 0 Å². The molecule has 0 saturated carbocycles. The van der Waals surface area contributed by atoms with E-state index >= 15 is 0 Å². The Morgan fingerprint density at radius 1 is 1.04 bits per heavy atom. The molecular formula is C19H31N3O2. The van der Waals surface area contributed by atoms with Crippen LogP contribution in [0.25, 0.3) is 0 Å². The minimum Gasteiger partial charge on any atom is -0.465 e. The highest BCUT2D eigenvalue weighted by molar-refractivity contribution is 5.08. The molecule has 5 nitrogen and oxygen atoms in total. The van der Waals surface area contributed by atoms with E-state index in [2.05, 4.69) is 40.8 Å². The first-order valence-corrected chi connectivity index (χ1v) is 9.53. The predicted octanol–water partition coefficient (Wildman–Crippen LogP) is 1.54. The summed E-state index contributed by atoms with van der Waals surface area (Å²) in [6, 6.07) is 4.87. The number of likely N-dealkylation sites (tertiary alicyclic amines) is 1. The largest absolute Gasteiger partial charge is 0.465 e. The molecule has 0 N–H and O–H groups in total. The molecule has 0 spiro atoms. The second-order valence-electron chi connectivity index (χ2n) is 7.78. The summed E-state index contributed by atoms with van der Waals surface area (Å²) in [7, 11) is 2.22. The third kappa shape index (κ3) is 3.40. The van der Waals surface area contributed by atoms with Crippen molar-refractivity contribution in [1.82, 2.24) is 14.7 Å². The third-order valence-corrected chi connectivity index (χ3v) is 6.13. The van der Waals surface area contributed by atoms with Crippen molar-refractivity contribution in [3.8, 4) is 0 Å². The van der Waals surface area contributed by atoms with Gasteiger partial charge in [0.25, 0.3) is 0 Å². The zero-order valence-corrected chi connectivity index (χ0v) is 15.1. The van der Waals surface area contributed by atoms with Gasteiger partial charge < -0.3 is 14.1 Å². The molecule has 0 unspecified atom stereocenters. The first-order chi connectivity index (χ1) is 11.7. The van der Waals surface area contributed by atoms with Crippen molar-refractivity contribution in [3.63, 3.8) is 0 Å². The standard InChI is InChI=1S/C19H31N3O2/c1-3-16-4-5-17(24-16)11-21-10-15-13-23-14-19(18(15)12-21)22-8-6-20(2)7-9-22/h4-5,15,18-19H,3,6-14H2,1-2H3/t15-,18-,19+/m0/s1.